The minimum absolute atomic E-state index is 0.137. The number of rotatable bonds is 11. The van der Waals surface area contributed by atoms with Crippen molar-refractivity contribution in [2.45, 2.75) is 32.5 Å². The first-order valence-electron chi connectivity index (χ1n) is 15.3. The molecule has 0 aliphatic rings. The van der Waals surface area contributed by atoms with E-state index in [4.69, 9.17) is 21.6 Å². The van der Waals surface area contributed by atoms with Crippen molar-refractivity contribution in [3.05, 3.63) is 66.9 Å². The molecule has 6 heteroatoms. The molecule has 0 aliphatic heterocycles. The van der Waals surface area contributed by atoms with Gasteiger partial charge in [0, 0.05) is 44.0 Å². The van der Waals surface area contributed by atoms with Gasteiger partial charge in [0.1, 0.15) is 12.4 Å². The maximum absolute atomic E-state index is 11.0. The van der Waals surface area contributed by atoms with E-state index in [2.05, 4.69) is 14.7 Å². The van der Waals surface area contributed by atoms with Crippen molar-refractivity contribution < 1.29 is 31.1 Å². The summed E-state index contributed by atoms with van der Waals surface area (Å²) in [5.74, 6) is -2.59. The van der Waals surface area contributed by atoms with Crippen LogP contribution in [0, 0.1) is 0 Å². The lowest BCUT2D eigenvalue weighted by Crippen LogP contribution is -2.33. The third-order valence-electron chi connectivity index (χ3n) is 4.05. The number of hydrogen-bond acceptors (Lipinski definition) is 5. The van der Waals surface area contributed by atoms with Crippen LogP contribution in [0.25, 0.3) is 22.5 Å². The summed E-state index contributed by atoms with van der Waals surface area (Å²) in [4.78, 5) is 20.1. The maximum atomic E-state index is 11.0. The number of anilines is 1. The van der Waals surface area contributed by atoms with Crippen molar-refractivity contribution in [3.8, 4) is 22.5 Å². The highest BCUT2D eigenvalue weighted by molar-refractivity contribution is 5.78. The van der Waals surface area contributed by atoms with Crippen LogP contribution in [0.15, 0.2) is 66.9 Å². The molecule has 0 saturated carbocycles. The molecule has 0 spiro atoms. The fourth-order valence-corrected chi connectivity index (χ4v) is 2.71. The van der Waals surface area contributed by atoms with Crippen molar-refractivity contribution in [3.63, 3.8) is 0 Å². The number of benzene rings is 2. The van der Waals surface area contributed by atoms with Crippen LogP contribution < -0.4 is 4.90 Å². The topological polar surface area (TPSA) is 75.5 Å². The van der Waals surface area contributed by atoms with Crippen LogP contribution in [0.1, 0.15) is 42.9 Å². The lowest BCUT2D eigenvalue weighted by atomic mass is 10.0. The molecule has 0 atom stereocenters. The summed E-state index contributed by atoms with van der Waals surface area (Å²) in [6.07, 6.45) is -3.16. The van der Waals surface area contributed by atoms with Gasteiger partial charge in [0.05, 0.1) is 20.3 Å². The summed E-state index contributed by atoms with van der Waals surface area (Å²) in [5, 5.41) is 8.93. The Hall–Kier alpha value is -3.25. The Morgan fingerprint density at radius 2 is 1.74 bits per heavy atom. The second-order valence-corrected chi connectivity index (χ2v) is 6.22. The van der Waals surface area contributed by atoms with Crippen LogP contribution in [0.3, 0.4) is 0 Å². The van der Waals surface area contributed by atoms with Crippen LogP contribution in [0.5, 0.6) is 0 Å². The first-order valence-corrected chi connectivity index (χ1v) is 9.35. The molecule has 1 heterocycles. The van der Waals surface area contributed by atoms with Crippen molar-refractivity contribution >= 4 is 11.8 Å². The van der Waals surface area contributed by atoms with Gasteiger partial charge >= 0.3 is 5.97 Å². The third-order valence-corrected chi connectivity index (χ3v) is 4.05. The Bertz CT molecular complexity index is 1390. The van der Waals surface area contributed by atoms with E-state index in [1.807, 2.05) is 0 Å². The molecule has 0 saturated heterocycles. The van der Waals surface area contributed by atoms with Crippen LogP contribution in [-0.2, 0) is 9.53 Å². The van der Waals surface area contributed by atoms with Gasteiger partial charge in [-0.05, 0) is 26.5 Å². The predicted molar refractivity (Wildman–Crippen MR) is 123 cm³/mol. The van der Waals surface area contributed by atoms with Crippen molar-refractivity contribution in [2.24, 2.45) is 0 Å². The number of carboxylic acid groups (broad SMARTS) is 1. The van der Waals surface area contributed by atoms with Gasteiger partial charge in [-0.25, -0.2) is 9.78 Å². The van der Waals surface area contributed by atoms with E-state index in [0.29, 0.717) is 16.8 Å². The molecule has 0 bridgehead atoms. The summed E-state index contributed by atoms with van der Waals surface area (Å²) in [6.45, 7) is -14.4. The molecule has 2 aromatic carbocycles. The van der Waals surface area contributed by atoms with Crippen molar-refractivity contribution in [2.75, 3.05) is 24.6 Å². The summed E-state index contributed by atoms with van der Waals surface area (Å²) in [7, 11) is 0. The smallest absolute Gasteiger partial charge is 0.329 e. The molecule has 0 amide bonds. The largest absolute Gasteiger partial charge is 0.480 e. The van der Waals surface area contributed by atoms with Crippen LogP contribution >= 0.6 is 0 Å². The molecule has 3 aromatic rings. The molecule has 31 heavy (non-hydrogen) atoms. The molecule has 0 fully saturated rings. The molecule has 1 N–H and O–H groups in total. The van der Waals surface area contributed by atoms with Crippen LogP contribution in [0.2, 0.25) is 0 Å². The molecular formula is C25H29N3O3. The van der Waals surface area contributed by atoms with E-state index in [1.165, 1.54) is 0 Å². The fourth-order valence-electron chi connectivity index (χ4n) is 2.71. The highest BCUT2D eigenvalue weighted by Gasteiger charge is 2.17. The monoisotopic (exact) mass is 431 g/mol. The summed E-state index contributed by atoms with van der Waals surface area (Å²) in [5.41, 5.74) is 1.52. The molecule has 6 nitrogen and oxygen atoms in total. The lowest BCUT2D eigenvalue weighted by molar-refractivity contribution is -0.142. The second-order valence-electron chi connectivity index (χ2n) is 6.22. The van der Waals surface area contributed by atoms with Crippen molar-refractivity contribution in [1.82, 2.24) is 9.97 Å². The van der Waals surface area contributed by atoms with Gasteiger partial charge in [0.15, 0.2) is 0 Å². The number of carboxylic acids is 1. The molecule has 0 unspecified atom stereocenters. The van der Waals surface area contributed by atoms with Gasteiger partial charge in [-0.1, -0.05) is 60.7 Å². The van der Waals surface area contributed by atoms with E-state index >= 15 is 0 Å². The standard InChI is InChI=1S/C25H29N3O3/c1-19(2)28(15-9-10-16-31-18-23(29)30)22-17-26-24(20-11-5-3-6-12-20)25(27-22)21-13-7-4-8-14-21/h3-8,11-14,17,19H,9-10,15-16,18H2,1-2H3,(H,29,30)/i1D3,2D3,9D2,15D2,18D2. The van der Waals surface area contributed by atoms with Gasteiger partial charge in [0.2, 0.25) is 0 Å². The Labute approximate surface area is 200 Å². The third kappa shape index (κ3) is 6.36. The molecule has 162 valence electrons. The molecule has 0 radical (unpaired) electrons. The highest BCUT2D eigenvalue weighted by Crippen LogP contribution is 2.30. The van der Waals surface area contributed by atoms with Crippen LogP contribution in [0.4, 0.5) is 5.82 Å². The number of ether oxygens (including phenoxy) is 1. The Balaban J connectivity index is 2.25. The normalized spacial score (nSPS) is 18.9. The van der Waals surface area contributed by atoms with E-state index < -0.39 is 64.0 Å². The SMILES string of the molecule is [2H]C([2H])(OCCC([2H])([2H])C([2H])([2H])N(c1cnc(-c2ccccc2)c(-c2ccccc2)n1)C(C([2H])([2H])[2H])C([2H])([2H])[2H])C(=O)O. The van der Waals surface area contributed by atoms with Gasteiger partial charge in [-0.3, -0.25) is 4.98 Å². The Morgan fingerprint density at radius 3 is 2.35 bits per heavy atom. The Morgan fingerprint density at radius 1 is 1.10 bits per heavy atom. The van der Waals surface area contributed by atoms with E-state index in [0.717, 1.165) is 6.20 Å². The van der Waals surface area contributed by atoms with Crippen molar-refractivity contribution in [1.29, 1.82) is 0 Å². The lowest BCUT2D eigenvalue weighted by Gasteiger charge is -2.28. The summed E-state index contributed by atoms with van der Waals surface area (Å²) in [6, 6.07) is 14.6. The molecule has 3 rings (SSSR count). The van der Waals surface area contributed by atoms with E-state index in [9.17, 15) is 4.79 Å². The average molecular weight is 432 g/mol. The minimum Gasteiger partial charge on any atom is -0.480 e. The van der Waals surface area contributed by atoms with Gasteiger partial charge in [-0.15, -0.1) is 0 Å². The quantitative estimate of drug-likeness (QED) is 0.465. The van der Waals surface area contributed by atoms with Crippen LogP contribution in [-0.4, -0.2) is 46.7 Å². The zero-order valence-corrected chi connectivity index (χ0v) is 16.4. The molecule has 0 aliphatic carbocycles. The van der Waals surface area contributed by atoms with E-state index in [-0.39, 0.29) is 10.6 Å². The predicted octanol–water partition coefficient (Wildman–Crippen LogP) is 4.91. The van der Waals surface area contributed by atoms with Gasteiger partial charge < -0.3 is 14.7 Å². The number of aliphatic carboxylic acids is 1. The zero-order valence-electron chi connectivity index (χ0n) is 28.4. The number of aromatic nitrogens is 2. The maximum Gasteiger partial charge on any atom is 0.329 e. The zero-order chi connectivity index (χ0) is 32.4. The number of carbonyl (C=O) groups is 1. The molecule has 1 aromatic heterocycles. The first kappa shape index (κ1) is 11.4. The highest BCUT2D eigenvalue weighted by atomic mass is 16.5. The van der Waals surface area contributed by atoms with Gasteiger partial charge in [-0.2, -0.15) is 0 Å². The van der Waals surface area contributed by atoms with E-state index in [1.54, 1.807) is 60.7 Å². The fraction of sp³-hybridized carbons (Fsp3) is 0.320. The number of hydrogen-bond donors (Lipinski definition) is 1. The summed E-state index contributed by atoms with van der Waals surface area (Å²) >= 11 is 0. The number of nitrogens with zero attached hydrogens (tertiary/aromatic N) is 3. The Kier molecular flexibility index (Phi) is 4.13. The minimum atomic E-state index is -3.45. The first-order chi connectivity index (χ1) is 19.7. The average Bonchev–Trinajstić information content (AvgIpc) is 2.90. The molecular weight excluding hydrogens is 390 g/mol. The van der Waals surface area contributed by atoms with Gasteiger partial charge in [0.25, 0.3) is 0 Å². The summed E-state index contributed by atoms with van der Waals surface area (Å²) < 4.78 is 102. The second kappa shape index (κ2) is 11.2.